The van der Waals surface area contributed by atoms with E-state index in [9.17, 15) is 4.79 Å². The van der Waals surface area contributed by atoms with Gasteiger partial charge in [-0.15, -0.1) is 0 Å². The van der Waals surface area contributed by atoms with Gasteiger partial charge >= 0.3 is 5.97 Å². The van der Waals surface area contributed by atoms with Crippen LogP contribution in [-0.4, -0.2) is 26.8 Å². The number of furan rings is 1. The molecule has 1 heterocycles. The maximum absolute atomic E-state index is 11.1. The monoisotopic (exact) mass is 272 g/mol. The van der Waals surface area contributed by atoms with Crippen molar-refractivity contribution >= 4 is 21.9 Å². The van der Waals surface area contributed by atoms with E-state index >= 15 is 0 Å². The van der Waals surface area contributed by atoms with Crippen LogP contribution in [0.3, 0.4) is 0 Å². The second kappa shape index (κ2) is 5.59. The summed E-state index contributed by atoms with van der Waals surface area (Å²) in [7, 11) is 2.83. The number of carbonyl (C=O) groups is 1. The van der Waals surface area contributed by atoms with Crippen LogP contribution >= 0.6 is 15.9 Å². The zero-order chi connectivity index (χ0) is 11.3. The average molecular weight is 273 g/mol. The number of halogens is 1. The molecule has 0 aliphatic carbocycles. The molecule has 4 nitrogen and oxygen atoms in total. The fourth-order valence-corrected chi connectivity index (χ4v) is 1.23. The summed E-state index contributed by atoms with van der Waals surface area (Å²) in [5.41, 5.74) is 0. The summed E-state index contributed by atoms with van der Waals surface area (Å²) in [6.45, 7) is 0.306. The number of rotatable bonds is 2. The Hall–Kier alpha value is -1.25. The Morgan fingerprint density at radius 3 is 2.93 bits per heavy atom. The van der Waals surface area contributed by atoms with Crippen LogP contribution in [0.4, 0.5) is 0 Å². The Kier molecular flexibility index (Phi) is 4.40. The standard InChI is InChI=1S/C10H9BrO4/c1-13-5-3-4-8-7(11)6-9(15-8)10(12)14-2/h6H,5H2,1-2H3. The van der Waals surface area contributed by atoms with E-state index in [1.807, 2.05) is 0 Å². The summed E-state index contributed by atoms with van der Waals surface area (Å²) < 4.78 is 15.0. The van der Waals surface area contributed by atoms with E-state index in [1.165, 1.54) is 13.2 Å². The van der Waals surface area contributed by atoms with Crippen molar-refractivity contribution in [3.8, 4) is 11.8 Å². The predicted octanol–water partition coefficient (Wildman–Crippen LogP) is 1.83. The van der Waals surface area contributed by atoms with Crippen molar-refractivity contribution in [3.63, 3.8) is 0 Å². The third kappa shape index (κ3) is 3.11. The molecule has 1 aromatic heterocycles. The van der Waals surface area contributed by atoms with E-state index in [0.717, 1.165) is 0 Å². The number of carbonyl (C=O) groups excluding carboxylic acids is 1. The van der Waals surface area contributed by atoms with E-state index < -0.39 is 5.97 Å². The number of methoxy groups -OCH3 is 2. The molecule has 0 saturated carbocycles. The van der Waals surface area contributed by atoms with Crippen LogP contribution in [0.15, 0.2) is 15.0 Å². The van der Waals surface area contributed by atoms with Crippen LogP contribution in [0.25, 0.3) is 0 Å². The number of ether oxygens (including phenoxy) is 2. The number of hydrogen-bond donors (Lipinski definition) is 0. The molecule has 1 rings (SSSR count). The third-order valence-electron chi connectivity index (χ3n) is 1.49. The molecular weight excluding hydrogens is 264 g/mol. The highest BCUT2D eigenvalue weighted by molar-refractivity contribution is 9.10. The van der Waals surface area contributed by atoms with Crippen molar-refractivity contribution in [2.24, 2.45) is 0 Å². The largest absolute Gasteiger partial charge is 0.463 e. The molecule has 0 aromatic carbocycles. The van der Waals surface area contributed by atoms with Crippen LogP contribution in [0, 0.1) is 11.8 Å². The fraction of sp³-hybridized carbons (Fsp3) is 0.300. The molecular formula is C10H9BrO4. The van der Waals surface area contributed by atoms with Gasteiger partial charge in [0.05, 0.1) is 11.6 Å². The van der Waals surface area contributed by atoms with Crippen molar-refractivity contribution in [1.82, 2.24) is 0 Å². The Bertz CT molecular complexity index is 411. The van der Waals surface area contributed by atoms with E-state index in [0.29, 0.717) is 16.8 Å². The Balaban J connectivity index is 2.88. The first-order valence-corrected chi connectivity index (χ1v) is 4.83. The van der Waals surface area contributed by atoms with Gasteiger partial charge in [-0.05, 0) is 21.9 Å². The first kappa shape index (κ1) is 11.8. The zero-order valence-corrected chi connectivity index (χ0v) is 9.88. The van der Waals surface area contributed by atoms with Gasteiger partial charge in [-0.25, -0.2) is 4.79 Å². The zero-order valence-electron chi connectivity index (χ0n) is 8.30. The van der Waals surface area contributed by atoms with Crippen molar-refractivity contribution in [2.75, 3.05) is 20.8 Å². The summed E-state index contributed by atoms with van der Waals surface area (Å²) >= 11 is 3.22. The quantitative estimate of drug-likeness (QED) is 0.609. The van der Waals surface area contributed by atoms with Crippen molar-refractivity contribution < 1.29 is 18.7 Å². The smallest absolute Gasteiger partial charge is 0.374 e. The lowest BCUT2D eigenvalue weighted by atomic mass is 10.4. The van der Waals surface area contributed by atoms with Crippen LogP contribution in [0.1, 0.15) is 16.3 Å². The van der Waals surface area contributed by atoms with Crippen molar-refractivity contribution in [3.05, 3.63) is 22.1 Å². The number of esters is 1. The molecule has 0 radical (unpaired) electrons. The summed E-state index contributed by atoms with van der Waals surface area (Å²) in [4.78, 5) is 11.1. The second-order valence-electron chi connectivity index (χ2n) is 2.51. The molecule has 15 heavy (non-hydrogen) atoms. The lowest BCUT2D eigenvalue weighted by Crippen LogP contribution is -1.98. The van der Waals surface area contributed by atoms with Gasteiger partial charge in [-0.1, -0.05) is 5.92 Å². The molecule has 0 N–H and O–H groups in total. The highest BCUT2D eigenvalue weighted by atomic mass is 79.9. The fourth-order valence-electron chi connectivity index (χ4n) is 0.844. The topological polar surface area (TPSA) is 48.7 Å². The van der Waals surface area contributed by atoms with Gasteiger partial charge in [0.15, 0.2) is 5.76 Å². The number of hydrogen-bond acceptors (Lipinski definition) is 4. The molecule has 0 unspecified atom stereocenters. The summed E-state index contributed by atoms with van der Waals surface area (Å²) in [5.74, 6) is 5.40. The van der Waals surface area contributed by atoms with E-state index in [-0.39, 0.29) is 5.76 Å². The summed E-state index contributed by atoms with van der Waals surface area (Å²) in [6.07, 6.45) is 0. The molecule has 0 atom stereocenters. The SMILES string of the molecule is COCC#Cc1oc(C(=O)OC)cc1Br. The van der Waals surface area contributed by atoms with Crippen molar-refractivity contribution in [2.45, 2.75) is 0 Å². The van der Waals surface area contributed by atoms with Crippen LogP contribution < -0.4 is 0 Å². The molecule has 0 amide bonds. The Labute approximate surface area is 95.7 Å². The highest BCUT2D eigenvalue weighted by Crippen LogP contribution is 2.21. The Morgan fingerprint density at radius 2 is 2.33 bits per heavy atom. The first-order valence-electron chi connectivity index (χ1n) is 4.04. The predicted molar refractivity (Wildman–Crippen MR) is 56.5 cm³/mol. The van der Waals surface area contributed by atoms with Gasteiger partial charge in [0.1, 0.15) is 6.61 Å². The van der Waals surface area contributed by atoms with Gasteiger partial charge in [0, 0.05) is 13.2 Å². The summed E-state index contributed by atoms with van der Waals surface area (Å²) in [5, 5.41) is 0. The van der Waals surface area contributed by atoms with Crippen LogP contribution in [-0.2, 0) is 9.47 Å². The molecule has 5 heteroatoms. The normalized spacial score (nSPS) is 9.27. The van der Waals surface area contributed by atoms with Crippen molar-refractivity contribution in [1.29, 1.82) is 0 Å². The lowest BCUT2D eigenvalue weighted by Gasteiger charge is -1.90. The summed E-state index contributed by atoms with van der Waals surface area (Å²) in [6, 6.07) is 1.52. The van der Waals surface area contributed by atoms with Gasteiger partial charge < -0.3 is 13.9 Å². The molecule has 0 spiro atoms. The Morgan fingerprint density at radius 1 is 1.60 bits per heavy atom. The lowest BCUT2D eigenvalue weighted by molar-refractivity contribution is 0.0564. The molecule has 0 bridgehead atoms. The maximum atomic E-state index is 11.1. The van der Waals surface area contributed by atoms with E-state index in [4.69, 9.17) is 9.15 Å². The molecule has 0 fully saturated rings. The highest BCUT2D eigenvalue weighted by Gasteiger charge is 2.14. The van der Waals surface area contributed by atoms with Gasteiger partial charge in [-0.3, -0.25) is 0 Å². The molecule has 0 aliphatic rings. The van der Waals surface area contributed by atoms with Gasteiger partial charge in [0.25, 0.3) is 0 Å². The minimum Gasteiger partial charge on any atom is -0.463 e. The van der Waals surface area contributed by atoms with Crippen LogP contribution in [0.2, 0.25) is 0 Å². The maximum Gasteiger partial charge on any atom is 0.374 e. The minimum atomic E-state index is -0.532. The third-order valence-corrected chi connectivity index (χ3v) is 2.08. The van der Waals surface area contributed by atoms with E-state index in [1.54, 1.807) is 7.11 Å². The average Bonchev–Trinajstić information content (AvgIpc) is 2.60. The minimum absolute atomic E-state index is 0.117. The van der Waals surface area contributed by atoms with Crippen LogP contribution in [0.5, 0.6) is 0 Å². The molecule has 0 saturated heterocycles. The second-order valence-corrected chi connectivity index (χ2v) is 3.37. The molecule has 80 valence electrons. The van der Waals surface area contributed by atoms with Gasteiger partial charge in [-0.2, -0.15) is 0 Å². The van der Waals surface area contributed by atoms with Gasteiger partial charge in [0.2, 0.25) is 5.76 Å². The first-order chi connectivity index (χ1) is 7.19. The molecule has 0 aliphatic heterocycles. The molecule has 1 aromatic rings. The van der Waals surface area contributed by atoms with E-state index in [2.05, 4.69) is 32.5 Å².